The van der Waals surface area contributed by atoms with Gasteiger partial charge < -0.3 is 24.8 Å². The molecule has 7 heteroatoms. The van der Waals surface area contributed by atoms with Gasteiger partial charge in [-0.3, -0.25) is 0 Å². The maximum atomic E-state index is 12.8. The summed E-state index contributed by atoms with van der Waals surface area (Å²) in [6.45, 7) is 4.92. The summed E-state index contributed by atoms with van der Waals surface area (Å²) < 4.78 is 16.6. The third-order valence-corrected chi connectivity index (χ3v) is 4.62. The van der Waals surface area contributed by atoms with Crippen molar-refractivity contribution in [3.8, 4) is 5.75 Å². The van der Waals surface area contributed by atoms with Crippen LogP contribution in [0.5, 0.6) is 5.75 Å². The van der Waals surface area contributed by atoms with Crippen LogP contribution in [0.1, 0.15) is 31.0 Å². The molecule has 2 aromatic rings. The van der Waals surface area contributed by atoms with Crippen LogP contribution in [0.4, 0.5) is 4.79 Å². The van der Waals surface area contributed by atoms with Crippen molar-refractivity contribution in [1.29, 1.82) is 0 Å². The summed E-state index contributed by atoms with van der Waals surface area (Å²) in [6, 6.07) is 16.0. The van der Waals surface area contributed by atoms with E-state index < -0.39 is 12.0 Å². The molecule has 0 bridgehead atoms. The van der Waals surface area contributed by atoms with E-state index in [4.69, 9.17) is 14.2 Å². The number of allylic oxidation sites excluding steroid dienone is 1. The van der Waals surface area contributed by atoms with Crippen molar-refractivity contribution >= 4 is 12.0 Å². The average molecular weight is 410 g/mol. The Bertz CT molecular complexity index is 911. The molecule has 0 saturated heterocycles. The molecule has 0 aromatic heterocycles. The van der Waals surface area contributed by atoms with Gasteiger partial charge in [0.15, 0.2) is 0 Å². The smallest absolute Gasteiger partial charge is 0.338 e. The first kappa shape index (κ1) is 21.4. The van der Waals surface area contributed by atoms with Crippen molar-refractivity contribution in [3.63, 3.8) is 0 Å². The molecule has 1 heterocycles. The first-order valence-corrected chi connectivity index (χ1v) is 9.89. The van der Waals surface area contributed by atoms with Gasteiger partial charge in [0.2, 0.25) is 0 Å². The van der Waals surface area contributed by atoms with Crippen molar-refractivity contribution in [2.45, 2.75) is 26.5 Å². The normalized spacial score (nSPS) is 15.9. The van der Waals surface area contributed by atoms with Gasteiger partial charge >= 0.3 is 12.0 Å². The Balaban J connectivity index is 1.83. The van der Waals surface area contributed by atoms with Gasteiger partial charge in [0.05, 0.1) is 18.2 Å². The number of ether oxygens (including phenoxy) is 3. The molecule has 0 spiro atoms. The molecule has 2 amide bonds. The number of nitrogens with one attached hydrogen (secondary N) is 2. The summed E-state index contributed by atoms with van der Waals surface area (Å²) in [7, 11) is 0. The summed E-state index contributed by atoms with van der Waals surface area (Å²) in [5.41, 5.74) is 2.48. The number of para-hydroxylation sites is 1. The van der Waals surface area contributed by atoms with Crippen LogP contribution in [0.15, 0.2) is 65.9 Å². The average Bonchev–Trinajstić information content (AvgIpc) is 2.75. The van der Waals surface area contributed by atoms with Gasteiger partial charge in [0, 0.05) is 17.9 Å². The van der Waals surface area contributed by atoms with Crippen molar-refractivity contribution in [2.75, 3.05) is 19.8 Å². The van der Waals surface area contributed by atoms with Crippen LogP contribution < -0.4 is 15.4 Å². The van der Waals surface area contributed by atoms with Gasteiger partial charge in [-0.05, 0) is 25.5 Å². The molecule has 0 saturated carbocycles. The first-order chi connectivity index (χ1) is 14.6. The van der Waals surface area contributed by atoms with E-state index in [1.165, 1.54) is 0 Å². The monoisotopic (exact) mass is 410 g/mol. The van der Waals surface area contributed by atoms with Crippen molar-refractivity contribution in [1.82, 2.24) is 10.6 Å². The number of rotatable bonds is 9. The zero-order chi connectivity index (χ0) is 21.3. The van der Waals surface area contributed by atoms with E-state index in [9.17, 15) is 9.59 Å². The molecule has 0 fully saturated rings. The highest BCUT2D eigenvalue weighted by molar-refractivity contribution is 5.95. The van der Waals surface area contributed by atoms with E-state index >= 15 is 0 Å². The Kier molecular flexibility index (Phi) is 7.45. The lowest BCUT2D eigenvalue weighted by atomic mass is 9.95. The number of amides is 2. The molecule has 0 unspecified atom stereocenters. The van der Waals surface area contributed by atoms with Gasteiger partial charge in [-0.15, -0.1) is 0 Å². The zero-order valence-electron chi connectivity index (χ0n) is 17.1. The highest BCUT2D eigenvalue weighted by Crippen LogP contribution is 2.33. The number of hydrogen-bond donors (Lipinski definition) is 2. The van der Waals surface area contributed by atoms with E-state index in [2.05, 4.69) is 10.6 Å². The largest absolute Gasteiger partial charge is 0.489 e. The Hall–Kier alpha value is -3.32. The van der Waals surface area contributed by atoms with Crippen LogP contribution in [0.3, 0.4) is 0 Å². The third-order valence-electron chi connectivity index (χ3n) is 4.62. The fourth-order valence-electron chi connectivity index (χ4n) is 3.20. The molecule has 158 valence electrons. The lowest BCUT2D eigenvalue weighted by Gasteiger charge is -2.29. The second-order valence-corrected chi connectivity index (χ2v) is 6.72. The SMILES string of the molecule is CCOCCOC(=O)C1=C(C)NC(=O)N[C@@H]1c1ccccc1OCc1ccccc1. The van der Waals surface area contributed by atoms with Crippen LogP contribution in [0, 0.1) is 0 Å². The molecule has 0 radical (unpaired) electrons. The lowest BCUT2D eigenvalue weighted by Crippen LogP contribution is -2.45. The van der Waals surface area contributed by atoms with Gasteiger partial charge in [0.1, 0.15) is 19.0 Å². The molecule has 2 N–H and O–H groups in total. The fourth-order valence-corrected chi connectivity index (χ4v) is 3.20. The minimum Gasteiger partial charge on any atom is -0.489 e. The van der Waals surface area contributed by atoms with Gasteiger partial charge in [0.25, 0.3) is 0 Å². The van der Waals surface area contributed by atoms with Crippen molar-refractivity contribution in [3.05, 3.63) is 77.0 Å². The molecule has 3 rings (SSSR count). The van der Waals surface area contributed by atoms with Crippen LogP contribution in [0.25, 0.3) is 0 Å². The summed E-state index contributed by atoms with van der Waals surface area (Å²) >= 11 is 0. The number of urea groups is 1. The van der Waals surface area contributed by atoms with Crippen LogP contribution in [0.2, 0.25) is 0 Å². The topological polar surface area (TPSA) is 85.9 Å². The summed E-state index contributed by atoms with van der Waals surface area (Å²) in [5.74, 6) is 0.0727. The van der Waals surface area contributed by atoms with E-state index in [-0.39, 0.29) is 12.6 Å². The molecule has 2 aromatic carbocycles. The number of carbonyl (C=O) groups excluding carboxylic acids is 2. The van der Waals surface area contributed by atoms with E-state index in [1.807, 2.05) is 61.5 Å². The summed E-state index contributed by atoms with van der Waals surface area (Å²) in [4.78, 5) is 24.9. The van der Waals surface area contributed by atoms with Gasteiger partial charge in [-0.2, -0.15) is 0 Å². The maximum absolute atomic E-state index is 12.8. The second kappa shape index (κ2) is 10.5. The lowest BCUT2D eigenvalue weighted by molar-refractivity contribution is -0.141. The molecular formula is C23H26N2O5. The molecule has 1 aliphatic heterocycles. The predicted octanol–water partition coefficient (Wildman–Crippen LogP) is 3.47. The third kappa shape index (κ3) is 5.39. The highest BCUT2D eigenvalue weighted by Gasteiger charge is 2.33. The van der Waals surface area contributed by atoms with Crippen molar-refractivity contribution < 1.29 is 23.8 Å². The predicted molar refractivity (Wildman–Crippen MR) is 112 cm³/mol. The Morgan fingerprint density at radius 1 is 1.03 bits per heavy atom. The number of esters is 1. The molecule has 7 nitrogen and oxygen atoms in total. The van der Waals surface area contributed by atoms with Crippen molar-refractivity contribution in [2.24, 2.45) is 0 Å². The standard InChI is InChI=1S/C23H26N2O5/c1-3-28-13-14-29-22(26)20-16(2)24-23(27)25-21(20)18-11-7-8-12-19(18)30-15-17-9-5-4-6-10-17/h4-12,21H,3,13-15H2,1-2H3,(H2,24,25,27)/t21-/m1/s1. The molecule has 1 atom stereocenters. The summed E-state index contributed by atoms with van der Waals surface area (Å²) in [6.07, 6.45) is 0. The summed E-state index contributed by atoms with van der Waals surface area (Å²) in [5, 5.41) is 5.46. The van der Waals surface area contributed by atoms with Gasteiger partial charge in [-0.1, -0.05) is 48.5 Å². The van der Waals surface area contributed by atoms with Crippen LogP contribution in [-0.4, -0.2) is 31.8 Å². The molecule has 1 aliphatic rings. The molecule has 0 aliphatic carbocycles. The minimum absolute atomic E-state index is 0.135. The van der Waals surface area contributed by atoms with E-state index in [0.717, 1.165) is 5.56 Å². The van der Waals surface area contributed by atoms with Gasteiger partial charge in [-0.25, -0.2) is 9.59 Å². The molecular weight excluding hydrogens is 384 g/mol. The second-order valence-electron chi connectivity index (χ2n) is 6.72. The quantitative estimate of drug-likeness (QED) is 0.488. The maximum Gasteiger partial charge on any atom is 0.338 e. The Morgan fingerprint density at radius 2 is 1.77 bits per heavy atom. The highest BCUT2D eigenvalue weighted by atomic mass is 16.6. The number of hydrogen-bond acceptors (Lipinski definition) is 5. The number of benzene rings is 2. The first-order valence-electron chi connectivity index (χ1n) is 9.89. The minimum atomic E-state index is -0.690. The van der Waals surface area contributed by atoms with E-state index in [0.29, 0.717) is 42.4 Å². The zero-order valence-corrected chi connectivity index (χ0v) is 17.1. The fraction of sp³-hybridized carbons (Fsp3) is 0.304. The van der Waals surface area contributed by atoms with Crippen LogP contribution >= 0.6 is 0 Å². The molecule has 30 heavy (non-hydrogen) atoms. The Labute approximate surface area is 176 Å². The van der Waals surface area contributed by atoms with E-state index in [1.54, 1.807) is 6.92 Å². The Morgan fingerprint density at radius 3 is 2.53 bits per heavy atom. The van der Waals surface area contributed by atoms with Crippen LogP contribution in [-0.2, 0) is 20.9 Å². The number of carbonyl (C=O) groups is 2.